The van der Waals surface area contributed by atoms with E-state index in [2.05, 4.69) is 32.8 Å². The fourth-order valence-corrected chi connectivity index (χ4v) is 2.94. The first-order valence-electron chi connectivity index (χ1n) is 4.62. The summed E-state index contributed by atoms with van der Waals surface area (Å²) in [6.45, 7) is 1.86. The van der Waals surface area contributed by atoms with Crippen molar-refractivity contribution >= 4 is 33.9 Å². The van der Waals surface area contributed by atoms with Gasteiger partial charge in [-0.1, -0.05) is 11.3 Å². The molecule has 3 nitrogen and oxygen atoms in total. The minimum Gasteiger partial charge on any atom is -0.322 e. The molecule has 0 fully saturated rings. The molecule has 1 unspecified atom stereocenters. The molecule has 0 spiro atoms. The lowest BCUT2D eigenvalue weighted by Gasteiger charge is -1.99. The van der Waals surface area contributed by atoms with Crippen LogP contribution in [0.4, 0.5) is 4.39 Å². The molecular weight excluding hydrogens is 340 g/mol. The molecule has 2 aromatic rings. The van der Waals surface area contributed by atoms with Crippen LogP contribution in [0, 0.1) is 9.39 Å². The van der Waals surface area contributed by atoms with E-state index in [1.54, 1.807) is 6.07 Å². The molecule has 1 heterocycles. The summed E-state index contributed by atoms with van der Waals surface area (Å²) in [4.78, 5) is 0. The molecular formula is C10H9FIN3S. The van der Waals surface area contributed by atoms with Crippen LogP contribution in [0.25, 0.3) is 10.6 Å². The van der Waals surface area contributed by atoms with Gasteiger partial charge in [0.05, 0.1) is 6.04 Å². The van der Waals surface area contributed by atoms with Gasteiger partial charge in [-0.2, -0.15) is 0 Å². The highest BCUT2D eigenvalue weighted by Crippen LogP contribution is 2.29. The first-order chi connectivity index (χ1) is 7.58. The van der Waals surface area contributed by atoms with Crippen molar-refractivity contribution in [3.63, 3.8) is 0 Å². The minimum absolute atomic E-state index is 0.121. The van der Waals surface area contributed by atoms with Gasteiger partial charge in [0, 0.05) is 9.13 Å². The highest BCUT2D eigenvalue weighted by atomic mass is 127. The van der Waals surface area contributed by atoms with Crippen LogP contribution in [-0.2, 0) is 0 Å². The molecule has 1 atom stereocenters. The molecule has 2 rings (SSSR count). The summed E-state index contributed by atoms with van der Waals surface area (Å²) in [6.07, 6.45) is 0. The zero-order valence-electron chi connectivity index (χ0n) is 8.45. The van der Waals surface area contributed by atoms with Gasteiger partial charge in [-0.15, -0.1) is 10.2 Å². The van der Waals surface area contributed by atoms with E-state index in [0.29, 0.717) is 0 Å². The van der Waals surface area contributed by atoms with Crippen molar-refractivity contribution in [2.75, 3.05) is 0 Å². The summed E-state index contributed by atoms with van der Waals surface area (Å²) in [5, 5.41) is 9.62. The number of benzene rings is 1. The molecule has 84 valence electrons. The predicted octanol–water partition coefficient (Wildman–Crippen LogP) is 2.97. The first kappa shape index (κ1) is 11.9. The van der Waals surface area contributed by atoms with Crippen LogP contribution in [-0.4, -0.2) is 10.2 Å². The molecule has 0 radical (unpaired) electrons. The fraction of sp³-hybridized carbons (Fsp3) is 0.200. The van der Waals surface area contributed by atoms with Gasteiger partial charge in [-0.05, 0) is 47.7 Å². The van der Waals surface area contributed by atoms with E-state index in [-0.39, 0.29) is 11.9 Å². The Morgan fingerprint density at radius 3 is 2.75 bits per heavy atom. The normalized spacial score (nSPS) is 12.8. The highest BCUT2D eigenvalue weighted by Gasteiger charge is 2.12. The van der Waals surface area contributed by atoms with Crippen LogP contribution in [0.1, 0.15) is 18.0 Å². The van der Waals surface area contributed by atoms with Crippen molar-refractivity contribution in [1.82, 2.24) is 10.2 Å². The number of hydrogen-bond acceptors (Lipinski definition) is 4. The minimum atomic E-state index is -0.245. The molecule has 2 N–H and O–H groups in total. The summed E-state index contributed by atoms with van der Waals surface area (Å²) in [5.74, 6) is -0.245. The van der Waals surface area contributed by atoms with E-state index in [1.807, 2.05) is 6.92 Å². The third-order valence-electron chi connectivity index (χ3n) is 1.99. The second kappa shape index (κ2) is 4.72. The number of nitrogens with two attached hydrogens (primary N) is 1. The summed E-state index contributed by atoms with van der Waals surface area (Å²) in [5.41, 5.74) is 6.61. The Morgan fingerprint density at radius 1 is 1.44 bits per heavy atom. The molecule has 0 bridgehead atoms. The van der Waals surface area contributed by atoms with Crippen molar-refractivity contribution < 1.29 is 4.39 Å². The van der Waals surface area contributed by atoms with Crippen LogP contribution >= 0.6 is 33.9 Å². The van der Waals surface area contributed by atoms with Crippen molar-refractivity contribution in [3.05, 3.63) is 32.6 Å². The maximum absolute atomic E-state index is 12.9. The van der Waals surface area contributed by atoms with Crippen LogP contribution < -0.4 is 5.73 Å². The van der Waals surface area contributed by atoms with E-state index in [0.717, 1.165) is 19.1 Å². The van der Waals surface area contributed by atoms with E-state index >= 15 is 0 Å². The lowest BCUT2D eigenvalue weighted by molar-refractivity contribution is 0.627. The Kier molecular flexibility index (Phi) is 3.50. The maximum atomic E-state index is 12.9. The molecule has 6 heteroatoms. The van der Waals surface area contributed by atoms with Gasteiger partial charge in [-0.3, -0.25) is 0 Å². The second-order valence-corrected chi connectivity index (χ2v) is 5.53. The number of hydrogen-bond donors (Lipinski definition) is 1. The second-order valence-electron chi connectivity index (χ2n) is 3.36. The van der Waals surface area contributed by atoms with E-state index in [4.69, 9.17) is 5.73 Å². The van der Waals surface area contributed by atoms with Gasteiger partial charge in [0.1, 0.15) is 15.8 Å². The van der Waals surface area contributed by atoms with Gasteiger partial charge in [-0.25, -0.2) is 4.39 Å². The molecule has 0 saturated carbocycles. The lowest BCUT2D eigenvalue weighted by Crippen LogP contribution is -2.03. The third-order valence-corrected chi connectivity index (χ3v) is 4.04. The molecule has 0 saturated heterocycles. The van der Waals surface area contributed by atoms with Crippen LogP contribution in [0.5, 0.6) is 0 Å². The number of rotatable bonds is 2. The summed E-state index contributed by atoms with van der Waals surface area (Å²) < 4.78 is 13.8. The molecule has 0 aliphatic rings. The Morgan fingerprint density at radius 2 is 2.19 bits per heavy atom. The summed E-state index contributed by atoms with van der Waals surface area (Å²) in [6, 6.07) is 4.49. The quantitative estimate of drug-likeness (QED) is 0.849. The molecule has 0 amide bonds. The Bertz CT molecular complexity index is 513. The van der Waals surface area contributed by atoms with Crippen molar-refractivity contribution in [2.45, 2.75) is 13.0 Å². The monoisotopic (exact) mass is 349 g/mol. The smallest absolute Gasteiger partial charge is 0.148 e. The standard InChI is InChI=1S/C10H9FIN3S/c1-5(13)9-14-15-10(16-9)7-3-2-6(11)4-8(7)12/h2-5H,13H2,1H3. The highest BCUT2D eigenvalue weighted by molar-refractivity contribution is 14.1. The van der Waals surface area contributed by atoms with Crippen LogP contribution in [0.3, 0.4) is 0 Å². The van der Waals surface area contributed by atoms with Gasteiger partial charge in [0.15, 0.2) is 0 Å². The summed E-state index contributed by atoms with van der Waals surface area (Å²) >= 11 is 3.52. The number of halogens is 2. The maximum Gasteiger partial charge on any atom is 0.148 e. The predicted molar refractivity (Wildman–Crippen MR) is 70.6 cm³/mol. The largest absolute Gasteiger partial charge is 0.322 e. The average Bonchev–Trinajstić information content (AvgIpc) is 2.66. The fourth-order valence-electron chi connectivity index (χ4n) is 1.19. The topological polar surface area (TPSA) is 51.8 Å². The van der Waals surface area contributed by atoms with Gasteiger partial charge >= 0.3 is 0 Å². The van der Waals surface area contributed by atoms with Gasteiger partial charge in [0.2, 0.25) is 0 Å². The molecule has 16 heavy (non-hydrogen) atoms. The SMILES string of the molecule is CC(N)c1nnc(-c2ccc(F)cc2I)s1. The Labute approximate surface area is 110 Å². The van der Waals surface area contributed by atoms with Gasteiger partial charge < -0.3 is 5.73 Å². The van der Waals surface area contributed by atoms with E-state index < -0.39 is 0 Å². The van der Waals surface area contributed by atoms with Crippen molar-refractivity contribution in [1.29, 1.82) is 0 Å². The lowest BCUT2D eigenvalue weighted by atomic mass is 10.2. The van der Waals surface area contributed by atoms with Gasteiger partial charge in [0.25, 0.3) is 0 Å². The average molecular weight is 349 g/mol. The Balaban J connectivity index is 2.42. The third kappa shape index (κ3) is 2.38. The van der Waals surface area contributed by atoms with Crippen molar-refractivity contribution in [2.24, 2.45) is 5.73 Å². The molecule has 1 aromatic heterocycles. The van der Waals surface area contributed by atoms with Crippen LogP contribution in [0.15, 0.2) is 18.2 Å². The van der Waals surface area contributed by atoms with Crippen molar-refractivity contribution in [3.8, 4) is 10.6 Å². The molecule has 1 aromatic carbocycles. The number of nitrogens with zero attached hydrogens (tertiary/aromatic N) is 2. The first-order valence-corrected chi connectivity index (χ1v) is 6.52. The Hall–Kier alpha value is -0.600. The molecule has 0 aliphatic carbocycles. The molecule has 0 aliphatic heterocycles. The van der Waals surface area contributed by atoms with Crippen LogP contribution in [0.2, 0.25) is 0 Å². The van der Waals surface area contributed by atoms with E-state index in [9.17, 15) is 4.39 Å². The van der Waals surface area contributed by atoms with E-state index in [1.165, 1.54) is 23.5 Å². The zero-order valence-corrected chi connectivity index (χ0v) is 11.4. The summed E-state index contributed by atoms with van der Waals surface area (Å²) in [7, 11) is 0. The number of aromatic nitrogens is 2. The zero-order chi connectivity index (χ0) is 11.7.